The summed E-state index contributed by atoms with van der Waals surface area (Å²) in [7, 11) is 0. The summed E-state index contributed by atoms with van der Waals surface area (Å²) in [6.07, 6.45) is 4.40. The van der Waals surface area contributed by atoms with E-state index in [1.54, 1.807) is 0 Å². The number of benzene rings is 1. The van der Waals surface area contributed by atoms with Gasteiger partial charge in [0.1, 0.15) is 0 Å². The minimum Gasteiger partial charge on any atom is -0.0988 e. The first kappa shape index (κ1) is 12.9. The maximum Gasteiger partial charge on any atom is 0.0158 e. The van der Waals surface area contributed by atoms with Gasteiger partial charge < -0.3 is 0 Å². The molecule has 2 rings (SSSR count). The Hall–Kier alpha value is -1.56. The molecule has 0 heterocycles. The number of hydrogen-bond acceptors (Lipinski definition) is 0. The minimum absolute atomic E-state index is 0.466. The first-order valence-electron chi connectivity index (χ1n) is 6.63. The fourth-order valence-corrected chi connectivity index (χ4v) is 3.13. The maximum absolute atomic E-state index is 4.01. The molecule has 0 saturated carbocycles. The van der Waals surface area contributed by atoms with Gasteiger partial charge in [0.05, 0.1) is 0 Å². The highest BCUT2D eigenvalue weighted by molar-refractivity contribution is 5.79. The van der Waals surface area contributed by atoms with E-state index in [9.17, 15) is 0 Å². The van der Waals surface area contributed by atoms with Crippen LogP contribution in [0.2, 0.25) is 0 Å². The molecular weight excluding hydrogens is 216 g/mol. The van der Waals surface area contributed by atoms with Crippen LogP contribution in [-0.2, 0) is 0 Å². The lowest BCUT2D eigenvalue weighted by Crippen LogP contribution is -2.07. The zero-order chi connectivity index (χ0) is 13.3. The Morgan fingerprint density at radius 2 is 1.94 bits per heavy atom. The van der Waals surface area contributed by atoms with Gasteiger partial charge in [-0.25, -0.2) is 0 Å². The monoisotopic (exact) mass is 238 g/mol. The Bertz CT molecular complexity index is 525. The highest BCUT2D eigenvalue weighted by Crippen LogP contribution is 2.46. The Morgan fingerprint density at radius 3 is 2.56 bits per heavy atom. The summed E-state index contributed by atoms with van der Waals surface area (Å²) >= 11 is 0. The van der Waals surface area contributed by atoms with Gasteiger partial charge in [-0.15, -0.1) is 0 Å². The van der Waals surface area contributed by atoms with Crippen molar-refractivity contribution in [3.05, 3.63) is 65.3 Å². The van der Waals surface area contributed by atoms with Gasteiger partial charge >= 0.3 is 0 Å². The Kier molecular flexibility index (Phi) is 3.56. The fraction of sp³-hybridized carbons (Fsp3) is 0.333. The number of rotatable bonds is 3. The molecule has 0 saturated heterocycles. The van der Waals surface area contributed by atoms with Crippen molar-refractivity contribution in [3.63, 3.8) is 0 Å². The molecule has 0 N–H and O–H groups in total. The van der Waals surface area contributed by atoms with Gasteiger partial charge in [0.15, 0.2) is 0 Å². The van der Waals surface area contributed by atoms with E-state index in [0.29, 0.717) is 11.8 Å². The molecule has 94 valence electrons. The summed E-state index contributed by atoms with van der Waals surface area (Å²) in [6, 6.07) is 8.75. The summed E-state index contributed by atoms with van der Waals surface area (Å²) < 4.78 is 0. The molecule has 18 heavy (non-hydrogen) atoms. The Balaban J connectivity index is 2.53. The van der Waals surface area contributed by atoms with E-state index in [0.717, 1.165) is 0 Å². The van der Waals surface area contributed by atoms with Crippen LogP contribution in [0.1, 0.15) is 44.7 Å². The molecule has 1 aromatic rings. The lowest BCUT2D eigenvalue weighted by molar-refractivity contribution is 0.628. The van der Waals surface area contributed by atoms with Crippen LogP contribution in [0.5, 0.6) is 0 Å². The van der Waals surface area contributed by atoms with Crippen LogP contribution in [-0.4, -0.2) is 0 Å². The van der Waals surface area contributed by atoms with Crippen LogP contribution in [0.4, 0.5) is 0 Å². The Morgan fingerprint density at radius 1 is 1.28 bits per heavy atom. The standard InChI is InChI=1S/C18H22/c1-6-15-14(5)16-9-7-8-10-17(16)18(15)13(4)11-12(2)3/h6-11,13,18H,1H2,2-5H3. The van der Waals surface area contributed by atoms with E-state index >= 15 is 0 Å². The van der Waals surface area contributed by atoms with Gasteiger partial charge in [-0.05, 0) is 49.0 Å². The third-order valence-corrected chi connectivity index (χ3v) is 3.81. The lowest BCUT2D eigenvalue weighted by atomic mass is 9.83. The zero-order valence-electron chi connectivity index (χ0n) is 11.8. The highest BCUT2D eigenvalue weighted by Gasteiger charge is 2.30. The van der Waals surface area contributed by atoms with Crippen molar-refractivity contribution < 1.29 is 0 Å². The predicted octanol–water partition coefficient (Wildman–Crippen LogP) is 5.35. The quantitative estimate of drug-likeness (QED) is 0.623. The molecular formula is C18H22. The van der Waals surface area contributed by atoms with E-state index in [2.05, 4.69) is 64.6 Å². The molecule has 0 aromatic heterocycles. The Labute approximate surface area is 111 Å². The van der Waals surface area contributed by atoms with E-state index < -0.39 is 0 Å². The van der Waals surface area contributed by atoms with Gasteiger partial charge in [0.2, 0.25) is 0 Å². The molecule has 0 aliphatic heterocycles. The summed E-state index contributed by atoms with van der Waals surface area (Å²) in [6.45, 7) is 12.9. The molecule has 0 fully saturated rings. The molecule has 0 bridgehead atoms. The van der Waals surface area contributed by atoms with Crippen LogP contribution in [0.25, 0.3) is 5.57 Å². The van der Waals surface area contributed by atoms with Crippen molar-refractivity contribution in [1.82, 2.24) is 0 Å². The van der Waals surface area contributed by atoms with Crippen LogP contribution in [0, 0.1) is 5.92 Å². The average molecular weight is 238 g/mol. The van der Waals surface area contributed by atoms with Crippen molar-refractivity contribution in [2.75, 3.05) is 0 Å². The molecule has 2 atom stereocenters. The topological polar surface area (TPSA) is 0 Å². The largest absolute Gasteiger partial charge is 0.0988 e. The van der Waals surface area contributed by atoms with Gasteiger partial charge in [0, 0.05) is 5.92 Å². The van der Waals surface area contributed by atoms with Crippen molar-refractivity contribution >= 4 is 5.57 Å². The van der Waals surface area contributed by atoms with Crippen molar-refractivity contribution in [1.29, 1.82) is 0 Å². The normalized spacial score (nSPS) is 19.4. The van der Waals surface area contributed by atoms with Crippen LogP contribution in [0.3, 0.4) is 0 Å². The fourth-order valence-electron chi connectivity index (χ4n) is 3.13. The summed E-state index contributed by atoms with van der Waals surface area (Å²) in [5.41, 5.74) is 7.01. The highest BCUT2D eigenvalue weighted by atomic mass is 14.3. The molecule has 1 aromatic carbocycles. The van der Waals surface area contributed by atoms with Crippen LogP contribution < -0.4 is 0 Å². The first-order chi connectivity index (χ1) is 8.56. The molecule has 0 spiro atoms. The second-order valence-corrected chi connectivity index (χ2v) is 5.45. The molecule has 1 aliphatic carbocycles. The van der Waals surface area contributed by atoms with E-state index in [1.807, 2.05) is 6.08 Å². The second kappa shape index (κ2) is 4.97. The second-order valence-electron chi connectivity index (χ2n) is 5.45. The summed E-state index contributed by atoms with van der Waals surface area (Å²) in [4.78, 5) is 0. The molecule has 1 aliphatic rings. The van der Waals surface area contributed by atoms with Gasteiger partial charge in [-0.3, -0.25) is 0 Å². The van der Waals surface area contributed by atoms with E-state index in [4.69, 9.17) is 0 Å². The summed E-state index contributed by atoms with van der Waals surface area (Å²) in [5.74, 6) is 0.982. The smallest absolute Gasteiger partial charge is 0.0158 e. The maximum atomic E-state index is 4.01. The summed E-state index contributed by atoms with van der Waals surface area (Å²) in [5, 5.41) is 0. The number of fused-ring (bicyclic) bond motifs is 1. The molecule has 0 nitrogen and oxygen atoms in total. The zero-order valence-corrected chi connectivity index (χ0v) is 11.8. The number of allylic oxidation sites excluding steroid dienone is 5. The number of hydrogen-bond donors (Lipinski definition) is 0. The van der Waals surface area contributed by atoms with Crippen molar-refractivity contribution in [2.24, 2.45) is 5.92 Å². The van der Waals surface area contributed by atoms with E-state index in [1.165, 1.54) is 27.8 Å². The molecule has 0 radical (unpaired) electrons. The lowest BCUT2D eigenvalue weighted by Gasteiger charge is -2.20. The van der Waals surface area contributed by atoms with Gasteiger partial charge in [-0.1, -0.05) is 55.5 Å². The minimum atomic E-state index is 0.466. The third-order valence-electron chi connectivity index (χ3n) is 3.81. The van der Waals surface area contributed by atoms with E-state index in [-0.39, 0.29) is 0 Å². The van der Waals surface area contributed by atoms with Crippen molar-refractivity contribution in [2.45, 2.75) is 33.6 Å². The third kappa shape index (κ3) is 2.08. The van der Waals surface area contributed by atoms with Crippen LogP contribution in [0.15, 0.2) is 54.1 Å². The van der Waals surface area contributed by atoms with Crippen molar-refractivity contribution in [3.8, 4) is 0 Å². The first-order valence-corrected chi connectivity index (χ1v) is 6.63. The van der Waals surface area contributed by atoms with Gasteiger partial charge in [0.25, 0.3) is 0 Å². The molecule has 0 heteroatoms. The molecule has 0 amide bonds. The molecule has 2 unspecified atom stereocenters. The van der Waals surface area contributed by atoms with Crippen LogP contribution >= 0.6 is 0 Å². The van der Waals surface area contributed by atoms with Gasteiger partial charge in [-0.2, -0.15) is 0 Å². The predicted molar refractivity (Wildman–Crippen MR) is 80.6 cm³/mol. The SMILES string of the molecule is C=CC1=C(C)c2ccccc2C1C(C)C=C(C)C. The average Bonchev–Trinajstić information content (AvgIpc) is 2.62.